The Hall–Kier alpha value is -2.57. The first-order valence-electron chi connectivity index (χ1n) is 8.41. The number of benzene rings is 1. The summed E-state index contributed by atoms with van der Waals surface area (Å²) < 4.78 is 6.22. The Balaban J connectivity index is 1.87. The molecular formula is C18H22N2O5. The number of rotatable bonds is 2. The zero-order valence-electron chi connectivity index (χ0n) is 14.4. The van der Waals surface area contributed by atoms with Crippen LogP contribution in [0.4, 0.5) is 0 Å². The van der Waals surface area contributed by atoms with E-state index < -0.39 is 17.6 Å². The monoisotopic (exact) mass is 346 g/mol. The van der Waals surface area contributed by atoms with Gasteiger partial charge < -0.3 is 20.1 Å². The van der Waals surface area contributed by atoms with Gasteiger partial charge in [0.2, 0.25) is 5.91 Å². The van der Waals surface area contributed by atoms with Crippen LogP contribution in [0.15, 0.2) is 18.2 Å². The first kappa shape index (κ1) is 17.3. The van der Waals surface area contributed by atoms with Crippen LogP contribution in [0.25, 0.3) is 0 Å². The molecule has 2 N–H and O–H groups in total. The predicted octanol–water partition coefficient (Wildman–Crippen LogP) is 1.34. The van der Waals surface area contributed by atoms with Crippen LogP contribution in [0.1, 0.15) is 42.1 Å². The van der Waals surface area contributed by atoms with Gasteiger partial charge in [-0.1, -0.05) is 11.6 Å². The number of fused-ring (bicyclic) bond motifs is 1. The van der Waals surface area contributed by atoms with Crippen LogP contribution in [0.2, 0.25) is 0 Å². The number of nitrogens with zero attached hydrogens (tertiary/aromatic N) is 1. The lowest BCUT2D eigenvalue weighted by atomic mass is 9.94. The molecule has 7 nitrogen and oxygen atoms in total. The van der Waals surface area contributed by atoms with Crippen LogP contribution in [-0.4, -0.2) is 52.5 Å². The Morgan fingerprint density at radius 2 is 2.12 bits per heavy atom. The van der Waals surface area contributed by atoms with Crippen molar-refractivity contribution in [3.05, 3.63) is 29.3 Å². The second-order valence-corrected chi connectivity index (χ2v) is 6.82. The van der Waals surface area contributed by atoms with Crippen molar-refractivity contribution in [1.82, 2.24) is 10.2 Å². The van der Waals surface area contributed by atoms with E-state index in [9.17, 15) is 19.5 Å². The highest BCUT2D eigenvalue weighted by Gasteiger charge is 2.41. The summed E-state index contributed by atoms with van der Waals surface area (Å²) in [5.41, 5.74) is 0.743. The number of ether oxygens (including phenoxy) is 1. The van der Waals surface area contributed by atoms with Gasteiger partial charge in [-0.25, -0.2) is 4.79 Å². The van der Waals surface area contributed by atoms with Gasteiger partial charge in [0.25, 0.3) is 5.91 Å². The minimum Gasteiger partial charge on any atom is -0.485 e. The normalized spacial score (nSPS) is 24.6. The Morgan fingerprint density at radius 3 is 2.84 bits per heavy atom. The number of carboxylic acid groups (broad SMARTS) is 1. The SMILES string of the molecule is Cc1ccc2c(c1)C(=O)NC[C@@]1(CCC(=O)N([C@@H](C)C(=O)O)CC1)O2. The van der Waals surface area contributed by atoms with E-state index in [4.69, 9.17) is 4.74 Å². The van der Waals surface area contributed by atoms with E-state index in [1.165, 1.54) is 11.8 Å². The molecule has 0 unspecified atom stereocenters. The van der Waals surface area contributed by atoms with Gasteiger partial charge >= 0.3 is 5.97 Å². The first-order chi connectivity index (χ1) is 11.8. The highest BCUT2D eigenvalue weighted by molar-refractivity contribution is 5.97. The summed E-state index contributed by atoms with van der Waals surface area (Å²) in [6.45, 7) is 3.99. The quantitative estimate of drug-likeness (QED) is 0.842. The van der Waals surface area contributed by atoms with Crippen molar-refractivity contribution in [2.24, 2.45) is 0 Å². The van der Waals surface area contributed by atoms with Gasteiger partial charge in [0.1, 0.15) is 17.4 Å². The summed E-state index contributed by atoms with van der Waals surface area (Å²) in [7, 11) is 0. The summed E-state index contributed by atoms with van der Waals surface area (Å²) in [6, 6.07) is 4.57. The lowest BCUT2D eigenvalue weighted by molar-refractivity contribution is -0.149. The van der Waals surface area contributed by atoms with Crippen LogP contribution in [0.3, 0.4) is 0 Å². The van der Waals surface area contributed by atoms with Crippen molar-refractivity contribution in [2.45, 2.75) is 44.8 Å². The van der Waals surface area contributed by atoms with Crippen molar-refractivity contribution in [2.75, 3.05) is 13.1 Å². The van der Waals surface area contributed by atoms with E-state index in [1.54, 1.807) is 12.1 Å². The Morgan fingerprint density at radius 1 is 1.36 bits per heavy atom. The molecule has 3 rings (SSSR count). The lowest BCUT2D eigenvalue weighted by Gasteiger charge is -2.32. The summed E-state index contributed by atoms with van der Waals surface area (Å²) in [4.78, 5) is 37.3. The van der Waals surface area contributed by atoms with E-state index in [0.717, 1.165) is 5.56 Å². The molecule has 1 fully saturated rings. The fraction of sp³-hybridized carbons (Fsp3) is 0.500. The van der Waals surface area contributed by atoms with E-state index in [2.05, 4.69) is 5.32 Å². The number of carboxylic acids is 1. The molecule has 25 heavy (non-hydrogen) atoms. The molecule has 1 aromatic rings. The number of amides is 2. The van der Waals surface area contributed by atoms with E-state index in [0.29, 0.717) is 30.7 Å². The van der Waals surface area contributed by atoms with Crippen molar-refractivity contribution < 1.29 is 24.2 Å². The van der Waals surface area contributed by atoms with Gasteiger partial charge in [0, 0.05) is 19.4 Å². The third-order valence-corrected chi connectivity index (χ3v) is 5.03. The van der Waals surface area contributed by atoms with Gasteiger partial charge in [-0.3, -0.25) is 9.59 Å². The molecule has 0 aromatic heterocycles. The summed E-state index contributed by atoms with van der Waals surface area (Å²) in [5.74, 6) is -0.912. The van der Waals surface area contributed by atoms with Gasteiger partial charge in [-0.15, -0.1) is 0 Å². The highest BCUT2D eigenvalue weighted by atomic mass is 16.5. The maximum Gasteiger partial charge on any atom is 0.326 e. The molecule has 1 spiro atoms. The molecular weight excluding hydrogens is 324 g/mol. The molecule has 0 bridgehead atoms. The zero-order chi connectivity index (χ0) is 18.2. The molecule has 134 valence electrons. The van der Waals surface area contributed by atoms with Gasteiger partial charge in [-0.2, -0.15) is 0 Å². The molecule has 2 aliphatic heterocycles. The minimum atomic E-state index is -1.03. The second kappa shape index (κ2) is 6.38. The van der Waals surface area contributed by atoms with Crippen LogP contribution >= 0.6 is 0 Å². The molecule has 2 heterocycles. The maximum atomic E-state index is 12.3. The number of aliphatic carboxylic acids is 1. The molecule has 0 aliphatic carbocycles. The van der Waals surface area contributed by atoms with Crippen LogP contribution in [0.5, 0.6) is 5.75 Å². The number of carbonyl (C=O) groups excluding carboxylic acids is 2. The second-order valence-electron chi connectivity index (χ2n) is 6.82. The van der Waals surface area contributed by atoms with Crippen molar-refractivity contribution in [3.8, 4) is 5.75 Å². The van der Waals surface area contributed by atoms with Gasteiger partial charge in [-0.05, 0) is 32.4 Å². The fourth-order valence-corrected chi connectivity index (χ4v) is 3.39. The molecule has 2 atom stereocenters. The number of carbonyl (C=O) groups is 3. The molecule has 7 heteroatoms. The van der Waals surface area contributed by atoms with Gasteiger partial charge in [0.05, 0.1) is 12.1 Å². The third-order valence-electron chi connectivity index (χ3n) is 5.03. The Bertz CT molecular complexity index is 732. The first-order valence-corrected chi connectivity index (χ1v) is 8.41. The minimum absolute atomic E-state index is 0.189. The average Bonchev–Trinajstić information content (AvgIpc) is 2.81. The Labute approximate surface area is 146 Å². The van der Waals surface area contributed by atoms with E-state index in [1.807, 2.05) is 13.0 Å². The van der Waals surface area contributed by atoms with Gasteiger partial charge in [0.15, 0.2) is 0 Å². The van der Waals surface area contributed by atoms with E-state index >= 15 is 0 Å². The zero-order valence-corrected chi connectivity index (χ0v) is 14.4. The topological polar surface area (TPSA) is 95.9 Å². The number of hydrogen-bond donors (Lipinski definition) is 2. The fourth-order valence-electron chi connectivity index (χ4n) is 3.39. The summed E-state index contributed by atoms with van der Waals surface area (Å²) in [6.07, 6.45) is 1.08. The number of hydrogen-bond acceptors (Lipinski definition) is 4. The molecule has 1 saturated heterocycles. The molecule has 2 amide bonds. The highest BCUT2D eigenvalue weighted by Crippen LogP contribution is 2.34. The summed E-state index contributed by atoms with van der Waals surface area (Å²) in [5, 5.41) is 12.1. The van der Waals surface area contributed by atoms with E-state index in [-0.39, 0.29) is 24.8 Å². The van der Waals surface area contributed by atoms with Crippen molar-refractivity contribution >= 4 is 17.8 Å². The number of likely N-dealkylation sites (tertiary alicyclic amines) is 1. The molecule has 0 saturated carbocycles. The number of aryl methyl sites for hydroxylation is 1. The van der Waals surface area contributed by atoms with Crippen molar-refractivity contribution in [1.29, 1.82) is 0 Å². The Kier molecular flexibility index (Phi) is 4.41. The average molecular weight is 346 g/mol. The smallest absolute Gasteiger partial charge is 0.326 e. The largest absolute Gasteiger partial charge is 0.485 e. The summed E-state index contributed by atoms with van der Waals surface area (Å²) >= 11 is 0. The van der Waals surface area contributed by atoms with Crippen LogP contribution in [0, 0.1) is 6.92 Å². The molecule has 2 aliphatic rings. The van der Waals surface area contributed by atoms with Crippen molar-refractivity contribution in [3.63, 3.8) is 0 Å². The van der Waals surface area contributed by atoms with Crippen LogP contribution < -0.4 is 10.1 Å². The van der Waals surface area contributed by atoms with Crippen LogP contribution in [-0.2, 0) is 9.59 Å². The number of nitrogens with one attached hydrogen (secondary N) is 1. The maximum absolute atomic E-state index is 12.3. The lowest BCUT2D eigenvalue weighted by Crippen LogP contribution is -2.47. The third kappa shape index (κ3) is 3.31. The standard InChI is InChI=1S/C18H22N2O5/c1-11-3-4-14-13(9-11)16(22)19-10-18(25-14)6-5-15(21)20(8-7-18)12(2)17(23)24/h3-4,9,12H,5-8,10H2,1-2H3,(H,19,22)(H,23,24)/t12-,18-/m0/s1. The molecule has 1 aromatic carbocycles. The predicted molar refractivity (Wildman–Crippen MR) is 89.5 cm³/mol. The molecule has 0 radical (unpaired) electrons.